The summed E-state index contributed by atoms with van der Waals surface area (Å²) in [5, 5.41) is 12.4. The molecule has 1 fully saturated rings. The molecule has 10 heteroatoms. The number of rotatable bonds is 5. The van der Waals surface area contributed by atoms with E-state index in [9.17, 15) is 27.1 Å². The van der Waals surface area contributed by atoms with E-state index in [0.717, 1.165) is 12.1 Å². The lowest BCUT2D eigenvalue weighted by atomic mass is 9.98. The van der Waals surface area contributed by atoms with Gasteiger partial charge in [-0.05, 0) is 63.4 Å². The van der Waals surface area contributed by atoms with Gasteiger partial charge in [-0.3, -0.25) is 4.79 Å². The van der Waals surface area contributed by atoms with Crippen molar-refractivity contribution in [2.45, 2.75) is 56.3 Å². The summed E-state index contributed by atoms with van der Waals surface area (Å²) in [7, 11) is -4.17. The van der Waals surface area contributed by atoms with Crippen LogP contribution in [0, 0.1) is 5.82 Å². The smallest absolute Gasteiger partial charge is 0.255 e. The molecule has 1 unspecified atom stereocenters. The van der Waals surface area contributed by atoms with Crippen molar-refractivity contribution in [1.82, 2.24) is 4.31 Å². The van der Waals surface area contributed by atoms with Crippen molar-refractivity contribution in [3.63, 3.8) is 0 Å². The fraction of sp³-hybridized carbons (Fsp3) is 0.409. The number of carbonyl (C=O) groups is 1. The third-order valence-electron chi connectivity index (χ3n) is 5.65. The lowest BCUT2D eigenvalue weighted by molar-refractivity contribution is 0.102. The maximum Gasteiger partial charge on any atom is 0.255 e. The molecule has 2 aromatic rings. The van der Waals surface area contributed by atoms with Crippen LogP contribution >= 0.6 is 11.6 Å². The first-order valence-electron chi connectivity index (χ1n) is 10.1. The van der Waals surface area contributed by atoms with Gasteiger partial charge in [0, 0.05) is 28.9 Å². The van der Waals surface area contributed by atoms with Crippen molar-refractivity contribution in [2.24, 2.45) is 0 Å². The molecule has 1 aliphatic rings. The Morgan fingerprint density at radius 2 is 1.97 bits per heavy atom. The molecule has 2 N–H and O–H groups in total. The minimum absolute atomic E-state index is 0.00566. The highest BCUT2D eigenvalue weighted by atomic mass is 35.5. The van der Waals surface area contributed by atoms with Crippen molar-refractivity contribution in [3.8, 4) is 0 Å². The van der Waals surface area contributed by atoms with E-state index in [0.29, 0.717) is 12.8 Å². The summed E-state index contributed by atoms with van der Waals surface area (Å²) in [5.74, 6) is -1.30. The SMILES string of the molecule is CC1(C)CCC(O)CCN1S(=O)(=O)c1cc(C(=O)Nc2ccc(F)c(Cl)c2)ccc1CF. The summed E-state index contributed by atoms with van der Waals surface area (Å²) >= 11 is 5.73. The van der Waals surface area contributed by atoms with E-state index in [1.165, 1.54) is 28.6 Å². The number of nitrogens with zero attached hydrogens (tertiary/aromatic N) is 1. The van der Waals surface area contributed by atoms with Crippen molar-refractivity contribution >= 4 is 33.2 Å². The molecule has 0 saturated carbocycles. The van der Waals surface area contributed by atoms with Crippen LogP contribution in [0.4, 0.5) is 14.5 Å². The Morgan fingerprint density at radius 3 is 2.62 bits per heavy atom. The number of sulfonamides is 1. The van der Waals surface area contributed by atoms with Crippen LogP contribution in [0.2, 0.25) is 5.02 Å². The monoisotopic (exact) mass is 486 g/mol. The van der Waals surface area contributed by atoms with E-state index in [-0.39, 0.29) is 39.7 Å². The van der Waals surface area contributed by atoms with Crippen molar-refractivity contribution in [2.75, 3.05) is 11.9 Å². The number of carbonyl (C=O) groups excluding carboxylic acids is 1. The van der Waals surface area contributed by atoms with E-state index in [1.54, 1.807) is 13.8 Å². The van der Waals surface area contributed by atoms with Gasteiger partial charge in [0.15, 0.2) is 0 Å². The molecule has 0 spiro atoms. The molecule has 0 aromatic heterocycles. The van der Waals surface area contributed by atoms with Gasteiger partial charge < -0.3 is 10.4 Å². The third kappa shape index (κ3) is 5.11. The van der Waals surface area contributed by atoms with E-state index < -0.39 is 40.1 Å². The summed E-state index contributed by atoms with van der Waals surface area (Å²) in [5.41, 5.74) is -0.642. The standard InChI is InChI=1S/C22H25ClF2N2O4S/c1-22(2)9-7-17(28)8-10-27(22)32(30,31)20-11-14(3-4-15(20)13-24)21(29)26-16-5-6-19(25)18(23)12-16/h3-6,11-12,17,28H,7-10,13H2,1-2H3,(H,26,29). The summed E-state index contributed by atoms with van der Waals surface area (Å²) < 4.78 is 55.4. The van der Waals surface area contributed by atoms with Crippen molar-refractivity contribution < 1.29 is 27.1 Å². The number of benzene rings is 2. The fourth-order valence-corrected chi connectivity index (χ4v) is 5.98. The molecule has 174 valence electrons. The van der Waals surface area contributed by atoms with Crippen LogP contribution in [0.5, 0.6) is 0 Å². The first kappa shape index (κ1) is 24.6. The molecule has 1 amide bonds. The summed E-state index contributed by atoms with van der Waals surface area (Å²) in [6.07, 6.45) is 0.537. The molecule has 3 rings (SSSR count). The lowest BCUT2D eigenvalue weighted by Crippen LogP contribution is -2.47. The second-order valence-electron chi connectivity index (χ2n) is 8.41. The topological polar surface area (TPSA) is 86.7 Å². The molecular formula is C22H25ClF2N2O4S. The number of hydrogen-bond donors (Lipinski definition) is 2. The van der Waals surface area contributed by atoms with Crippen LogP contribution in [-0.4, -0.2) is 41.9 Å². The van der Waals surface area contributed by atoms with E-state index in [4.69, 9.17) is 11.6 Å². The molecule has 0 bridgehead atoms. The molecule has 0 aliphatic carbocycles. The van der Waals surface area contributed by atoms with Gasteiger partial charge in [0.05, 0.1) is 16.0 Å². The van der Waals surface area contributed by atoms with Crippen molar-refractivity contribution in [1.29, 1.82) is 0 Å². The van der Waals surface area contributed by atoms with Crippen LogP contribution in [0.25, 0.3) is 0 Å². The van der Waals surface area contributed by atoms with E-state index in [1.807, 2.05) is 0 Å². The molecule has 1 atom stereocenters. The van der Waals surface area contributed by atoms with Gasteiger partial charge in [0.25, 0.3) is 5.91 Å². The number of aliphatic hydroxyl groups is 1. The Balaban J connectivity index is 1.98. The zero-order chi connectivity index (χ0) is 23.7. The zero-order valence-corrected chi connectivity index (χ0v) is 19.3. The number of anilines is 1. The van der Waals surface area contributed by atoms with Gasteiger partial charge >= 0.3 is 0 Å². The fourth-order valence-electron chi connectivity index (χ4n) is 3.75. The molecule has 1 aliphatic heterocycles. The van der Waals surface area contributed by atoms with E-state index >= 15 is 0 Å². The van der Waals surface area contributed by atoms with Gasteiger partial charge in [-0.2, -0.15) is 4.31 Å². The number of aliphatic hydroxyl groups excluding tert-OH is 1. The Kier molecular flexibility index (Phi) is 7.24. The highest BCUT2D eigenvalue weighted by Gasteiger charge is 2.40. The predicted molar refractivity (Wildman–Crippen MR) is 118 cm³/mol. The molecule has 2 aromatic carbocycles. The Morgan fingerprint density at radius 1 is 1.25 bits per heavy atom. The van der Waals surface area contributed by atoms with Crippen molar-refractivity contribution in [3.05, 3.63) is 58.4 Å². The van der Waals surface area contributed by atoms with Gasteiger partial charge in [-0.15, -0.1) is 0 Å². The first-order chi connectivity index (χ1) is 15.0. The largest absolute Gasteiger partial charge is 0.393 e. The minimum atomic E-state index is -4.17. The van der Waals surface area contributed by atoms with Gasteiger partial charge in [-0.1, -0.05) is 17.7 Å². The van der Waals surface area contributed by atoms with Crippen LogP contribution < -0.4 is 5.32 Å². The zero-order valence-electron chi connectivity index (χ0n) is 17.7. The number of halogens is 3. The second-order valence-corrected chi connectivity index (χ2v) is 10.6. The molecule has 0 radical (unpaired) electrons. The highest BCUT2D eigenvalue weighted by molar-refractivity contribution is 7.89. The normalized spacial score (nSPS) is 19.4. The number of alkyl halides is 1. The van der Waals surface area contributed by atoms with Gasteiger partial charge in [-0.25, -0.2) is 17.2 Å². The third-order valence-corrected chi connectivity index (χ3v) is 8.13. The number of hydrogen-bond acceptors (Lipinski definition) is 4. The summed E-state index contributed by atoms with van der Waals surface area (Å²) in [6, 6.07) is 7.37. The van der Waals surface area contributed by atoms with Gasteiger partial charge in [0.1, 0.15) is 12.5 Å². The first-order valence-corrected chi connectivity index (χ1v) is 11.9. The van der Waals surface area contributed by atoms with E-state index in [2.05, 4.69) is 5.32 Å². The summed E-state index contributed by atoms with van der Waals surface area (Å²) in [4.78, 5) is 12.4. The Hall–Kier alpha value is -2.07. The number of amides is 1. The molecule has 1 saturated heterocycles. The van der Waals surface area contributed by atoms with Crippen LogP contribution in [0.3, 0.4) is 0 Å². The Labute approximate surface area is 191 Å². The molecule has 1 heterocycles. The van der Waals surface area contributed by atoms with Crippen LogP contribution in [0.15, 0.2) is 41.3 Å². The predicted octanol–water partition coefficient (Wildman–Crippen LogP) is 4.52. The molecular weight excluding hydrogens is 462 g/mol. The van der Waals surface area contributed by atoms with Gasteiger partial charge in [0.2, 0.25) is 10.0 Å². The average molecular weight is 487 g/mol. The Bertz CT molecular complexity index is 1120. The maximum atomic E-state index is 13.7. The summed E-state index contributed by atoms with van der Waals surface area (Å²) in [6.45, 7) is 2.56. The lowest BCUT2D eigenvalue weighted by Gasteiger charge is -2.36. The quantitative estimate of drug-likeness (QED) is 0.650. The average Bonchev–Trinajstić information content (AvgIpc) is 2.88. The molecule has 32 heavy (non-hydrogen) atoms. The maximum absolute atomic E-state index is 13.7. The van der Waals surface area contributed by atoms with Crippen LogP contribution in [0.1, 0.15) is 49.0 Å². The van der Waals surface area contributed by atoms with Crippen LogP contribution in [-0.2, 0) is 16.7 Å². The number of nitrogens with one attached hydrogen (secondary N) is 1. The second kappa shape index (κ2) is 9.43. The minimum Gasteiger partial charge on any atom is -0.393 e. The highest BCUT2D eigenvalue weighted by Crippen LogP contribution is 2.34. The molecule has 6 nitrogen and oxygen atoms in total.